The molecule has 3 aliphatic rings. The van der Waals surface area contributed by atoms with Crippen molar-refractivity contribution in [2.75, 3.05) is 85.9 Å². The number of benzene rings is 5. The van der Waals surface area contributed by atoms with Crippen molar-refractivity contribution in [3.05, 3.63) is 173 Å². The number of aliphatic hydroxyl groups excluding tert-OH is 3. The van der Waals surface area contributed by atoms with Gasteiger partial charge in [-0.1, -0.05) is 167 Å². The summed E-state index contributed by atoms with van der Waals surface area (Å²) in [6.07, 6.45) is 12.7. The van der Waals surface area contributed by atoms with Gasteiger partial charge in [0.2, 0.25) is 0 Å². The van der Waals surface area contributed by atoms with Crippen molar-refractivity contribution in [3.8, 4) is 0 Å². The lowest BCUT2D eigenvalue weighted by atomic mass is 10.1. The SMILES string of the molecule is CC.CCC(CC)OCC1CCCCO1.CCOS(=O)(=O)c1ccc(C)cc1.OC(COCc1ccccc1)COCc1ccccc1.OCC(CO)OCC1CCCCO1.c1ccc(COCC(COCc2ccccc2)OCC2CCCCO2)cc1. The highest BCUT2D eigenvalue weighted by molar-refractivity contribution is 7.86. The molecule has 494 valence electrons. The predicted molar refractivity (Wildman–Crippen MR) is 346 cm³/mol. The molecule has 3 heterocycles. The molecule has 0 amide bonds. The minimum Gasteiger partial charge on any atom is -0.394 e. The minimum atomic E-state index is -3.53. The molecule has 0 aliphatic carbocycles. The van der Waals surface area contributed by atoms with Crippen LogP contribution in [0.5, 0.6) is 0 Å². The van der Waals surface area contributed by atoms with Crippen LogP contribution in [0.2, 0.25) is 0 Å². The van der Waals surface area contributed by atoms with Crippen molar-refractivity contribution in [1.29, 1.82) is 0 Å². The topological polar surface area (TPSA) is 196 Å². The first-order chi connectivity index (χ1) is 43.0. The summed E-state index contributed by atoms with van der Waals surface area (Å²) >= 11 is 0. The molecule has 5 aromatic carbocycles. The molecule has 3 saturated heterocycles. The van der Waals surface area contributed by atoms with Crippen LogP contribution in [0.3, 0.4) is 0 Å². The van der Waals surface area contributed by atoms with Gasteiger partial charge in [0.05, 0.1) is 122 Å². The van der Waals surface area contributed by atoms with E-state index in [1.165, 1.54) is 32.1 Å². The summed E-state index contributed by atoms with van der Waals surface area (Å²) in [5.74, 6) is 0. The molecule has 0 radical (unpaired) electrons. The Bertz CT molecular complexity index is 2300. The van der Waals surface area contributed by atoms with Gasteiger partial charge in [0.1, 0.15) is 18.3 Å². The van der Waals surface area contributed by atoms with Crippen LogP contribution in [0.4, 0.5) is 0 Å². The zero-order valence-electron chi connectivity index (χ0n) is 53.8. The highest BCUT2D eigenvalue weighted by Gasteiger charge is 2.20. The van der Waals surface area contributed by atoms with E-state index < -0.39 is 22.3 Å². The Labute approximate surface area is 528 Å². The monoisotopic (exact) mass is 1250 g/mol. The van der Waals surface area contributed by atoms with Crippen LogP contribution in [0.25, 0.3) is 0 Å². The van der Waals surface area contributed by atoms with Crippen LogP contribution in [0.15, 0.2) is 150 Å². The highest BCUT2D eigenvalue weighted by Crippen LogP contribution is 2.18. The minimum absolute atomic E-state index is 0.0945. The average Bonchev–Trinajstić information content (AvgIpc) is 3.76. The smallest absolute Gasteiger partial charge is 0.296 e. The van der Waals surface area contributed by atoms with Gasteiger partial charge in [0, 0.05) is 19.8 Å². The van der Waals surface area contributed by atoms with Gasteiger partial charge in [0.25, 0.3) is 10.1 Å². The van der Waals surface area contributed by atoms with Crippen molar-refractivity contribution in [1.82, 2.24) is 0 Å². The Morgan fingerprint density at radius 2 is 0.784 bits per heavy atom. The number of aliphatic hydroxyl groups is 3. The van der Waals surface area contributed by atoms with Gasteiger partial charge in [-0.3, -0.25) is 4.18 Å². The van der Waals surface area contributed by atoms with Crippen molar-refractivity contribution in [2.24, 2.45) is 0 Å². The van der Waals surface area contributed by atoms with E-state index in [-0.39, 0.29) is 56.2 Å². The summed E-state index contributed by atoms with van der Waals surface area (Å²) < 4.78 is 83.8. The first-order valence-electron chi connectivity index (χ1n) is 32.1. The van der Waals surface area contributed by atoms with Crippen LogP contribution >= 0.6 is 0 Å². The Kier molecular flexibility index (Phi) is 45.2. The summed E-state index contributed by atoms with van der Waals surface area (Å²) in [6.45, 7) is 20.0. The molecule has 5 aromatic rings. The Morgan fingerprint density at radius 3 is 1.09 bits per heavy atom. The van der Waals surface area contributed by atoms with E-state index in [2.05, 4.69) is 42.3 Å². The van der Waals surface area contributed by atoms with E-state index >= 15 is 0 Å². The van der Waals surface area contributed by atoms with Crippen LogP contribution in [0, 0.1) is 6.92 Å². The number of rotatable bonds is 32. The molecule has 3 unspecified atom stereocenters. The lowest BCUT2D eigenvalue weighted by Gasteiger charge is -2.25. The van der Waals surface area contributed by atoms with Gasteiger partial charge < -0.3 is 62.7 Å². The van der Waals surface area contributed by atoms with Crippen molar-refractivity contribution in [2.45, 2.75) is 186 Å². The standard InChI is InChI=1S/C23H30O4.C17H20O3.C11H22O2.C9H18O4.C9H12O3S.C2H6/c1-3-9-20(10-4-1)15-24-17-23(27-19-22-13-7-8-14-26-22)18-25-16-21-11-5-2-6-12-21;18-17(13-19-11-15-7-3-1-4-8-15)14-20-12-16-9-5-2-6-10-16;1-3-10(4-2)13-9-11-7-5-6-8-12-11;10-5-9(6-11)13-7-8-3-1-2-4-12-8;1-3-12-13(10,11)9-6-4-8(2)5-7-9;1-2/h1-6,9-12,22-23H,7-8,13-19H2;1-10,17-18H,11-14H2;10-11H,3-9H2,1-2H3;8-11H,1-7H2;4-7H,3H2,1-2H3;1-2H3. The van der Waals surface area contributed by atoms with E-state index in [9.17, 15) is 13.5 Å². The molecule has 88 heavy (non-hydrogen) atoms. The Morgan fingerprint density at radius 1 is 0.455 bits per heavy atom. The normalized spacial score (nSPS) is 16.6. The fourth-order valence-electron chi connectivity index (χ4n) is 8.89. The molecule has 3 atom stereocenters. The zero-order chi connectivity index (χ0) is 63.6. The van der Waals surface area contributed by atoms with E-state index in [0.717, 1.165) is 92.8 Å². The van der Waals surface area contributed by atoms with Crippen molar-refractivity contribution in [3.63, 3.8) is 0 Å². The number of hydrogen-bond acceptors (Lipinski definition) is 16. The fourth-order valence-corrected chi connectivity index (χ4v) is 9.81. The number of aryl methyl sites for hydroxylation is 1. The third-order valence-corrected chi connectivity index (χ3v) is 15.3. The van der Waals surface area contributed by atoms with E-state index in [1.807, 2.05) is 118 Å². The van der Waals surface area contributed by atoms with Crippen LogP contribution in [-0.4, -0.2) is 152 Å². The molecule has 17 heteroatoms. The molecule has 0 spiro atoms. The third kappa shape index (κ3) is 37.6. The van der Waals surface area contributed by atoms with E-state index in [4.69, 9.17) is 57.6 Å². The second-order valence-corrected chi connectivity index (χ2v) is 23.0. The maximum atomic E-state index is 11.3. The summed E-state index contributed by atoms with van der Waals surface area (Å²) in [5.41, 5.74) is 5.55. The van der Waals surface area contributed by atoms with Gasteiger partial charge in [0.15, 0.2) is 0 Å². The Hall–Kier alpha value is -4.51. The van der Waals surface area contributed by atoms with Crippen LogP contribution in [-0.2, 0) is 88.1 Å². The van der Waals surface area contributed by atoms with E-state index in [0.29, 0.717) is 65.1 Å². The largest absolute Gasteiger partial charge is 0.394 e. The molecule has 0 saturated carbocycles. The lowest BCUT2D eigenvalue weighted by molar-refractivity contribution is -0.106. The fraction of sp³-hybridized carbons (Fsp3) is 0.577. The lowest BCUT2D eigenvalue weighted by Crippen LogP contribution is -2.32. The summed E-state index contributed by atoms with van der Waals surface area (Å²) in [4.78, 5) is 0.208. The first-order valence-corrected chi connectivity index (χ1v) is 33.5. The average molecular weight is 1250 g/mol. The van der Waals surface area contributed by atoms with Crippen LogP contribution < -0.4 is 0 Å². The van der Waals surface area contributed by atoms with Gasteiger partial charge in [-0.25, -0.2) is 0 Å². The molecule has 8 rings (SSSR count). The molecule has 0 aromatic heterocycles. The van der Waals surface area contributed by atoms with Crippen LogP contribution in [0.1, 0.15) is 133 Å². The number of ether oxygens (including phenoxy) is 10. The first kappa shape index (κ1) is 77.7. The van der Waals surface area contributed by atoms with Gasteiger partial charge in [-0.05, 0) is 119 Å². The third-order valence-electron chi connectivity index (χ3n) is 14.0. The maximum absolute atomic E-state index is 11.3. The molecule has 0 bridgehead atoms. The van der Waals surface area contributed by atoms with Crippen molar-refractivity contribution >= 4 is 10.1 Å². The van der Waals surface area contributed by atoms with E-state index in [1.54, 1.807) is 31.2 Å². The summed E-state index contributed by atoms with van der Waals surface area (Å²) in [6, 6.07) is 46.8. The molecule has 3 N–H and O–H groups in total. The van der Waals surface area contributed by atoms with Gasteiger partial charge >= 0.3 is 0 Å². The van der Waals surface area contributed by atoms with Gasteiger partial charge in [-0.2, -0.15) is 8.42 Å². The molecule has 3 fully saturated rings. The second kappa shape index (κ2) is 51.1. The molecular weight excluding hydrogens is 1140 g/mol. The summed E-state index contributed by atoms with van der Waals surface area (Å²) in [5, 5.41) is 27.2. The zero-order valence-corrected chi connectivity index (χ0v) is 54.6. The maximum Gasteiger partial charge on any atom is 0.296 e. The molecule has 3 aliphatic heterocycles. The predicted octanol–water partition coefficient (Wildman–Crippen LogP) is 12.6. The highest BCUT2D eigenvalue weighted by atomic mass is 32.2. The molecular formula is C71H108O16S. The summed E-state index contributed by atoms with van der Waals surface area (Å²) in [7, 11) is -3.53. The van der Waals surface area contributed by atoms with Gasteiger partial charge in [-0.15, -0.1) is 0 Å². The van der Waals surface area contributed by atoms with Crippen molar-refractivity contribution < 1.29 is 75.3 Å². The quantitative estimate of drug-likeness (QED) is 0.0344. The second-order valence-electron chi connectivity index (χ2n) is 21.3. The Balaban J connectivity index is 0.000000296. The number of hydrogen-bond donors (Lipinski definition) is 3. The molecule has 16 nitrogen and oxygen atoms in total.